The molecule has 0 aliphatic heterocycles. The molecule has 15 heavy (non-hydrogen) atoms. The maximum absolute atomic E-state index is 5.79. The van der Waals surface area contributed by atoms with Gasteiger partial charge < -0.3 is 17.3 Å². The van der Waals surface area contributed by atoms with E-state index < -0.39 is 0 Å². The summed E-state index contributed by atoms with van der Waals surface area (Å²) >= 11 is 0. The number of nitrogens with two attached hydrogens (primary N) is 3. The molecule has 6 nitrogen and oxygen atoms in total. The van der Waals surface area contributed by atoms with E-state index in [9.17, 15) is 0 Å². The molecule has 78 valence electrons. The lowest BCUT2D eigenvalue weighted by Crippen LogP contribution is -2.13. The Morgan fingerprint density at radius 1 is 1.20 bits per heavy atom. The first-order chi connectivity index (χ1) is 7.11. The normalized spacial score (nSPS) is 10.5. The summed E-state index contributed by atoms with van der Waals surface area (Å²) in [6.07, 6.45) is 0. The van der Waals surface area contributed by atoms with Gasteiger partial charge in [-0.3, -0.25) is 0 Å². The highest BCUT2D eigenvalue weighted by Gasteiger charge is 2.12. The average molecular weight is 204 g/mol. The summed E-state index contributed by atoms with van der Waals surface area (Å²) in [5, 5.41) is 7.58. The van der Waals surface area contributed by atoms with Gasteiger partial charge >= 0.3 is 0 Å². The molecule has 6 heteroatoms. The van der Waals surface area contributed by atoms with Crippen LogP contribution in [0.1, 0.15) is 5.56 Å². The van der Waals surface area contributed by atoms with E-state index in [1.807, 2.05) is 25.1 Å². The summed E-state index contributed by atoms with van der Waals surface area (Å²) in [6.45, 7) is 1.90. The Morgan fingerprint density at radius 2 is 1.93 bits per heavy atom. The molecule has 2 rings (SSSR count). The molecule has 0 unspecified atom stereocenters. The van der Waals surface area contributed by atoms with Crippen LogP contribution < -0.4 is 17.3 Å². The summed E-state index contributed by atoms with van der Waals surface area (Å²) in [5.41, 5.74) is 13.7. The second-order valence-electron chi connectivity index (χ2n) is 3.27. The fraction of sp³-hybridized carbons (Fsp3) is 0.111. The van der Waals surface area contributed by atoms with Crippen molar-refractivity contribution < 1.29 is 0 Å². The number of benzene rings is 1. The van der Waals surface area contributed by atoms with E-state index in [1.165, 1.54) is 4.68 Å². The third kappa shape index (κ3) is 1.35. The van der Waals surface area contributed by atoms with Crippen LogP contribution in [-0.2, 0) is 0 Å². The second-order valence-corrected chi connectivity index (χ2v) is 3.27. The average Bonchev–Trinajstić information content (AvgIpc) is 2.53. The van der Waals surface area contributed by atoms with Gasteiger partial charge in [-0.1, -0.05) is 12.1 Å². The van der Waals surface area contributed by atoms with E-state index in [2.05, 4.69) is 10.2 Å². The van der Waals surface area contributed by atoms with E-state index in [-0.39, 0.29) is 5.95 Å². The molecule has 6 N–H and O–H groups in total. The molecule has 0 fully saturated rings. The highest BCUT2D eigenvalue weighted by Crippen LogP contribution is 2.25. The minimum absolute atomic E-state index is 0.173. The zero-order chi connectivity index (χ0) is 11.0. The molecular weight excluding hydrogens is 192 g/mol. The van der Waals surface area contributed by atoms with E-state index in [0.717, 1.165) is 11.1 Å². The predicted molar refractivity (Wildman–Crippen MR) is 59.2 cm³/mol. The second kappa shape index (κ2) is 3.16. The molecule has 0 saturated heterocycles. The number of nitrogen functional groups attached to an aromatic ring is 3. The number of aromatic nitrogens is 3. The van der Waals surface area contributed by atoms with Gasteiger partial charge in [-0.25, -0.2) is 4.68 Å². The third-order valence-corrected chi connectivity index (χ3v) is 2.34. The van der Waals surface area contributed by atoms with Crippen molar-refractivity contribution in [1.82, 2.24) is 14.9 Å². The first-order valence-electron chi connectivity index (χ1n) is 4.42. The molecule has 0 radical (unpaired) electrons. The topological polar surface area (TPSA) is 109 Å². The van der Waals surface area contributed by atoms with Crippen LogP contribution in [0.4, 0.5) is 11.6 Å². The van der Waals surface area contributed by atoms with Crippen molar-refractivity contribution in [2.24, 2.45) is 0 Å². The molecule has 0 aliphatic rings. The Balaban J connectivity index is 2.64. The maximum atomic E-state index is 5.79. The van der Waals surface area contributed by atoms with Crippen molar-refractivity contribution in [2.45, 2.75) is 6.92 Å². The lowest BCUT2D eigenvalue weighted by molar-refractivity contribution is 1.02. The smallest absolute Gasteiger partial charge is 0.241 e. The Bertz CT molecular complexity index is 501. The van der Waals surface area contributed by atoms with E-state index in [1.54, 1.807) is 0 Å². The van der Waals surface area contributed by atoms with Crippen LogP contribution in [0.25, 0.3) is 11.4 Å². The molecule has 2 aromatic rings. The first-order valence-corrected chi connectivity index (χ1v) is 4.42. The van der Waals surface area contributed by atoms with Gasteiger partial charge in [0, 0.05) is 11.3 Å². The molecule has 1 aromatic heterocycles. The van der Waals surface area contributed by atoms with Crippen LogP contribution in [0.3, 0.4) is 0 Å². The van der Waals surface area contributed by atoms with Crippen molar-refractivity contribution in [1.29, 1.82) is 0 Å². The Hall–Kier alpha value is -2.24. The molecule has 0 saturated carbocycles. The molecule has 0 atom stereocenters. The number of hydrogen-bond donors (Lipinski definition) is 3. The summed E-state index contributed by atoms with van der Waals surface area (Å²) in [6, 6.07) is 5.53. The molecule has 0 spiro atoms. The Kier molecular flexibility index (Phi) is 1.96. The van der Waals surface area contributed by atoms with Gasteiger partial charge in [0.25, 0.3) is 0 Å². The van der Waals surface area contributed by atoms with Crippen molar-refractivity contribution in [3.8, 4) is 11.4 Å². The highest BCUT2D eigenvalue weighted by atomic mass is 15.4. The lowest BCUT2D eigenvalue weighted by Gasteiger charge is -2.07. The first kappa shape index (κ1) is 9.32. The number of nitrogens with zero attached hydrogens (tertiary/aromatic N) is 3. The van der Waals surface area contributed by atoms with Crippen molar-refractivity contribution in [3.63, 3.8) is 0 Å². The quantitative estimate of drug-likeness (QED) is 0.452. The summed E-state index contributed by atoms with van der Waals surface area (Å²) < 4.78 is 1.24. The standard InChI is InChI=1S/C9H12N6/c1-5-6(3-2-4-7(5)10)8-13-14-9(11)15(8)12/h2-4H,10,12H2,1H3,(H2,11,14). The van der Waals surface area contributed by atoms with Crippen molar-refractivity contribution in [2.75, 3.05) is 17.3 Å². The fourth-order valence-corrected chi connectivity index (χ4v) is 1.38. The zero-order valence-electron chi connectivity index (χ0n) is 8.31. The molecule has 0 amide bonds. The van der Waals surface area contributed by atoms with E-state index >= 15 is 0 Å². The van der Waals surface area contributed by atoms with Gasteiger partial charge in [-0.2, -0.15) is 0 Å². The fourth-order valence-electron chi connectivity index (χ4n) is 1.38. The molecule has 1 aromatic carbocycles. The number of rotatable bonds is 1. The zero-order valence-corrected chi connectivity index (χ0v) is 8.31. The molecule has 1 heterocycles. The predicted octanol–water partition coefficient (Wildman–Crippen LogP) is 0.132. The maximum Gasteiger partial charge on any atom is 0.241 e. The Morgan fingerprint density at radius 3 is 2.53 bits per heavy atom. The van der Waals surface area contributed by atoms with Gasteiger partial charge in [-0.05, 0) is 18.6 Å². The summed E-state index contributed by atoms with van der Waals surface area (Å²) in [4.78, 5) is 0. The minimum Gasteiger partial charge on any atom is -0.398 e. The lowest BCUT2D eigenvalue weighted by atomic mass is 10.1. The summed E-state index contributed by atoms with van der Waals surface area (Å²) in [5.74, 6) is 6.36. The molecular formula is C9H12N6. The van der Waals surface area contributed by atoms with Gasteiger partial charge in [0.05, 0.1) is 0 Å². The van der Waals surface area contributed by atoms with Gasteiger partial charge in [0.15, 0.2) is 5.82 Å². The van der Waals surface area contributed by atoms with Crippen LogP contribution in [0.2, 0.25) is 0 Å². The third-order valence-electron chi connectivity index (χ3n) is 2.34. The van der Waals surface area contributed by atoms with Crippen LogP contribution in [-0.4, -0.2) is 14.9 Å². The Labute approximate surface area is 86.7 Å². The monoisotopic (exact) mass is 204 g/mol. The minimum atomic E-state index is 0.173. The SMILES string of the molecule is Cc1c(N)cccc1-c1nnc(N)n1N. The number of anilines is 2. The van der Waals surface area contributed by atoms with Crippen LogP contribution >= 0.6 is 0 Å². The van der Waals surface area contributed by atoms with Gasteiger partial charge in [0.1, 0.15) is 0 Å². The van der Waals surface area contributed by atoms with Crippen molar-refractivity contribution >= 4 is 11.6 Å². The van der Waals surface area contributed by atoms with Crippen LogP contribution in [0.5, 0.6) is 0 Å². The largest absolute Gasteiger partial charge is 0.398 e. The van der Waals surface area contributed by atoms with E-state index in [0.29, 0.717) is 11.5 Å². The van der Waals surface area contributed by atoms with Crippen LogP contribution in [0.15, 0.2) is 18.2 Å². The molecule has 0 aliphatic carbocycles. The van der Waals surface area contributed by atoms with Gasteiger partial charge in [0.2, 0.25) is 5.95 Å². The molecule has 0 bridgehead atoms. The van der Waals surface area contributed by atoms with Crippen LogP contribution in [0, 0.1) is 6.92 Å². The summed E-state index contributed by atoms with van der Waals surface area (Å²) in [7, 11) is 0. The van der Waals surface area contributed by atoms with Crippen molar-refractivity contribution in [3.05, 3.63) is 23.8 Å². The highest BCUT2D eigenvalue weighted by molar-refractivity contribution is 5.68. The van der Waals surface area contributed by atoms with E-state index in [4.69, 9.17) is 17.3 Å². The number of hydrogen-bond acceptors (Lipinski definition) is 5. The van der Waals surface area contributed by atoms with Gasteiger partial charge in [-0.15, -0.1) is 10.2 Å².